The predicted octanol–water partition coefficient (Wildman–Crippen LogP) is 4.87. The molecule has 0 N–H and O–H groups in total. The van der Waals surface area contributed by atoms with Gasteiger partial charge in [-0.2, -0.15) is 0 Å². The van der Waals surface area contributed by atoms with Gasteiger partial charge in [-0.25, -0.2) is 4.98 Å². The van der Waals surface area contributed by atoms with E-state index in [9.17, 15) is 4.79 Å². The van der Waals surface area contributed by atoms with Crippen LogP contribution in [-0.4, -0.2) is 29.9 Å². The van der Waals surface area contributed by atoms with Crippen LogP contribution in [0.5, 0.6) is 11.5 Å². The van der Waals surface area contributed by atoms with Crippen LogP contribution in [0.1, 0.15) is 16.1 Å². The van der Waals surface area contributed by atoms with Crippen LogP contribution in [0.2, 0.25) is 0 Å². The Morgan fingerprint density at radius 3 is 2.56 bits per heavy atom. The number of benzene rings is 2. The van der Waals surface area contributed by atoms with Gasteiger partial charge in [0.2, 0.25) is 0 Å². The Morgan fingerprint density at radius 2 is 1.85 bits per heavy atom. The number of aryl methyl sites for hydroxylation is 1. The molecular formula is C21H18N2O3S. The average Bonchev–Trinajstić information content (AvgIpc) is 3.26. The molecule has 0 aliphatic carbocycles. The molecule has 0 aliphatic rings. The molecule has 0 bridgehead atoms. The molecule has 0 aliphatic heterocycles. The summed E-state index contributed by atoms with van der Waals surface area (Å²) in [7, 11) is 3.27. The summed E-state index contributed by atoms with van der Waals surface area (Å²) in [5.41, 5.74) is 4.91. The monoisotopic (exact) mass is 378 g/mol. The molecular weight excluding hydrogens is 360 g/mol. The van der Waals surface area contributed by atoms with Gasteiger partial charge in [-0.3, -0.25) is 9.20 Å². The number of thiazole rings is 1. The van der Waals surface area contributed by atoms with E-state index < -0.39 is 0 Å². The third-order valence-corrected chi connectivity index (χ3v) is 5.39. The molecule has 4 aromatic rings. The van der Waals surface area contributed by atoms with E-state index in [-0.39, 0.29) is 0 Å². The van der Waals surface area contributed by atoms with E-state index in [1.165, 1.54) is 11.3 Å². The number of ether oxygens (including phenoxy) is 2. The lowest BCUT2D eigenvalue weighted by atomic mass is 10.1. The highest BCUT2D eigenvalue weighted by atomic mass is 32.1. The summed E-state index contributed by atoms with van der Waals surface area (Å²) in [6.45, 7) is 2.00. The van der Waals surface area contributed by atoms with Crippen molar-refractivity contribution in [2.45, 2.75) is 6.92 Å². The fraction of sp³-hybridized carbons (Fsp3) is 0.143. The van der Waals surface area contributed by atoms with Gasteiger partial charge >= 0.3 is 0 Å². The van der Waals surface area contributed by atoms with E-state index >= 15 is 0 Å². The van der Waals surface area contributed by atoms with Crippen molar-refractivity contribution in [2.24, 2.45) is 0 Å². The van der Waals surface area contributed by atoms with E-state index in [1.54, 1.807) is 14.2 Å². The fourth-order valence-corrected chi connectivity index (χ4v) is 4.17. The average molecular weight is 378 g/mol. The topological polar surface area (TPSA) is 52.8 Å². The molecule has 0 unspecified atom stereocenters. The molecule has 0 atom stereocenters. The number of imidazole rings is 1. The number of hydrogen-bond donors (Lipinski definition) is 0. The molecule has 2 aromatic carbocycles. The molecule has 0 radical (unpaired) electrons. The number of rotatable bonds is 5. The van der Waals surface area contributed by atoms with Gasteiger partial charge in [0, 0.05) is 10.9 Å². The van der Waals surface area contributed by atoms with Crippen molar-refractivity contribution in [3.63, 3.8) is 0 Å². The normalized spacial score (nSPS) is 10.9. The van der Waals surface area contributed by atoms with Gasteiger partial charge < -0.3 is 9.47 Å². The minimum atomic E-state index is 0.513. The Kier molecular flexibility index (Phi) is 4.41. The maximum absolute atomic E-state index is 12.0. The minimum absolute atomic E-state index is 0.513. The molecule has 0 saturated heterocycles. The van der Waals surface area contributed by atoms with Gasteiger partial charge in [0.25, 0.3) is 0 Å². The Labute approximate surface area is 160 Å². The van der Waals surface area contributed by atoms with E-state index in [0.717, 1.165) is 39.4 Å². The second kappa shape index (κ2) is 6.89. The molecule has 136 valence electrons. The molecule has 0 fully saturated rings. The lowest BCUT2D eigenvalue weighted by molar-refractivity contribution is 0.111. The zero-order valence-corrected chi connectivity index (χ0v) is 16.0. The van der Waals surface area contributed by atoms with Crippen LogP contribution in [0.15, 0.2) is 47.8 Å². The zero-order valence-electron chi connectivity index (χ0n) is 15.2. The lowest BCUT2D eigenvalue weighted by Gasteiger charge is -2.08. The highest BCUT2D eigenvalue weighted by Crippen LogP contribution is 2.36. The van der Waals surface area contributed by atoms with E-state index in [4.69, 9.17) is 14.5 Å². The van der Waals surface area contributed by atoms with E-state index in [2.05, 4.69) is 6.07 Å². The van der Waals surface area contributed by atoms with Crippen molar-refractivity contribution in [3.8, 4) is 34.0 Å². The largest absolute Gasteiger partial charge is 0.496 e. The molecule has 0 amide bonds. The van der Waals surface area contributed by atoms with Crippen LogP contribution >= 0.6 is 11.3 Å². The first-order valence-corrected chi connectivity index (χ1v) is 9.29. The van der Waals surface area contributed by atoms with Crippen LogP contribution in [-0.2, 0) is 0 Å². The molecule has 0 spiro atoms. The SMILES string of the molecule is COc1ccc(-c2csc3nc(-c4ccccc4OC)c(C=O)n23)cc1C. The fourth-order valence-electron chi connectivity index (χ4n) is 3.27. The first-order valence-electron chi connectivity index (χ1n) is 8.41. The van der Waals surface area contributed by atoms with Crippen LogP contribution in [0.4, 0.5) is 0 Å². The number of para-hydroxylation sites is 1. The third kappa shape index (κ3) is 2.78. The van der Waals surface area contributed by atoms with Crippen LogP contribution in [0.3, 0.4) is 0 Å². The van der Waals surface area contributed by atoms with E-state index in [1.807, 2.05) is 53.1 Å². The highest BCUT2D eigenvalue weighted by Gasteiger charge is 2.20. The summed E-state index contributed by atoms with van der Waals surface area (Å²) in [5, 5.41) is 2.02. The summed E-state index contributed by atoms with van der Waals surface area (Å²) < 4.78 is 12.7. The van der Waals surface area contributed by atoms with Crippen molar-refractivity contribution < 1.29 is 14.3 Å². The standard InChI is InChI=1S/C21H18N2O3S/c1-13-10-14(8-9-18(13)25-2)17-12-27-21-22-20(16(11-24)23(17)21)15-6-4-5-7-19(15)26-3/h4-12H,1-3H3. The van der Waals surface area contributed by atoms with Crippen molar-refractivity contribution in [2.75, 3.05) is 14.2 Å². The third-order valence-electron chi connectivity index (χ3n) is 4.56. The van der Waals surface area contributed by atoms with Gasteiger partial charge in [0.15, 0.2) is 11.2 Å². The summed E-state index contributed by atoms with van der Waals surface area (Å²) in [4.78, 5) is 17.5. The maximum atomic E-state index is 12.0. The molecule has 6 heteroatoms. The molecule has 5 nitrogen and oxygen atoms in total. The number of fused-ring (bicyclic) bond motifs is 1. The van der Waals surface area contributed by atoms with Crippen molar-refractivity contribution in [1.82, 2.24) is 9.38 Å². The summed E-state index contributed by atoms with van der Waals surface area (Å²) in [5.74, 6) is 1.52. The van der Waals surface area contributed by atoms with Crippen LogP contribution in [0, 0.1) is 6.92 Å². The van der Waals surface area contributed by atoms with Gasteiger partial charge in [-0.15, -0.1) is 11.3 Å². The van der Waals surface area contributed by atoms with Crippen molar-refractivity contribution in [3.05, 3.63) is 59.1 Å². The molecule has 0 saturated carbocycles. The zero-order chi connectivity index (χ0) is 19.0. The van der Waals surface area contributed by atoms with Crippen LogP contribution < -0.4 is 9.47 Å². The van der Waals surface area contributed by atoms with Gasteiger partial charge in [-0.05, 0) is 48.4 Å². The number of aromatic nitrogens is 2. The first kappa shape index (κ1) is 17.3. The number of carbonyl (C=O) groups is 1. The van der Waals surface area contributed by atoms with Crippen molar-refractivity contribution in [1.29, 1.82) is 0 Å². The van der Waals surface area contributed by atoms with Gasteiger partial charge in [0.05, 0.1) is 19.9 Å². The summed E-state index contributed by atoms with van der Waals surface area (Å²) in [6, 6.07) is 13.6. The Hall–Kier alpha value is -3.12. The first-order chi connectivity index (χ1) is 13.2. The van der Waals surface area contributed by atoms with Gasteiger partial charge in [0.1, 0.15) is 22.9 Å². The number of carbonyl (C=O) groups excluding carboxylic acids is 1. The predicted molar refractivity (Wildman–Crippen MR) is 107 cm³/mol. The number of methoxy groups -OCH3 is 2. The highest BCUT2D eigenvalue weighted by molar-refractivity contribution is 7.15. The number of nitrogens with zero attached hydrogens (tertiary/aromatic N) is 2. The molecule has 2 heterocycles. The summed E-state index contributed by atoms with van der Waals surface area (Å²) in [6.07, 6.45) is 0.856. The van der Waals surface area contributed by atoms with Crippen LogP contribution in [0.25, 0.3) is 27.5 Å². The van der Waals surface area contributed by atoms with Crippen molar-refractivity contribution >= 4 is 22.6 Å². The molecule has 2 aromatic heterocycles. The quantitative estimate of drug-likeness (QED) is 0.465. The lowest BCUT2D eigenvalue weighted by Crippen LogP contribution is -1.96. The maximum Gasteiger partial charge on any atom is 0.195 e. The Balaban J connectivity index is 1.94. The number of aldehydes is 1. The number of hydrogen-bond acceptors (Lipinski definition) is 5. The molecule has 4 rings (SSSR count). The Bertz CT molecular complexity index is 1140. The smallest absolute Gasteiger partial charge is 0.195 e. The van der Waals surface area contributed by atoms with E-state index in [0.29, 0.717) is 17.1 Å². The summed E-state index contributed by atoms with van der Waals surface area (Å²) >= 11 is 1.50. The minimum Gasteiger partial charge on any atom is -0.496 e. The van der Waals surface area contributed by atoms with Gasteiger partial charge in [-0.1, -0.05) is 12.1 Å². The second-order valence-electron chi connectivity index (χ2n) is 6.09. The second-order valence-corrected chi connectivity index (χ2v) is 6.92. The molecule has 27 heavy (non-hydrogen) atoms. The Morgan fingerprint density at radius 1 is 1.07 bits per heavy atom.